The number of rotatable bonds is 1. The molecule has 2 aromatic rings. The topological polar surface area (TPSA) is 20.2 Å². The zero-order valence-corrected chi connectivity index (χ0v) is 11.2. The number of hydrogen-bond acceptors (Lipinski definition) is 1. The Morgan fingerprint density at radius 1 is 1.05 bits per heavy atom. The van der Waals surface area contributed by atoms with Crippen molar-refractivity contribution in [1.82, 2.24) is 0 Å². The molecule has 0 unspecified atom stereocenters. The molecule has 2 aliphatic heterocycles. The van der Waals surface area contributed by atoms with E-state index in [1.165, 1.54) is 64.4 Å². The second kappa shape index (κ2) is 4.06. The molecule has 1 saturated heterocycles. The average Bonchev–Trinajstić information content (AvgIpc) is 3.02. The maximum atomic E-state index is 9.82. The standard InChI is InChI=1S/C17H20NO/c19-12-17-15-6-2-1-5-13(15)9-14-10-18(11-16(14)17)7-3-4-8-18/h1-2,5-6,9,19H,3-4,7-8,10-12H2/q+1. The van der Waals surface area contributed by atoms with Crippen molar-refractivity contribution in [2.24, 2.45) is 0 Å². The number of fused-ring (bicyclic) bond motifs is 2. The Morgan fingerprint density at radius 3 is 2.63 bits per heavy atom. The van der Waals surface area contributed by atoms with Crippen molar-refractivity contribution in [2.75, 3.05) is 13.1 Å². The molecule has 2 aliphatic rings. The summed E-state index contributed by atoms with van der Waals surface area (Å²) in [6, 6.07) is 10.8. The zero-order valence-electron chi connectivity index (χ0n) is 11.2. The SMILES string of the molecule is OCc1c2c(cc3ccccc13)C[N+]1(CCCC1)C2. The van der Waals surface area contributed by atoms with Crippen molar-refractivity contribution in [3.8, 4) is 0 Å². The van der Waals surface area contributed by atoms with Crippen molar-refractivity contribution in [3.63, 3.8) is 0 Å². The molecule has 0 aliphatic carbocycles. The third-order valence-electron chi connectivity index (χ3n) is 5.04. The lowest BCUT2D eigenvalue weighted by molar-refractivity contribution is -0.936. The predicted molar refractivity (Wildman–Crippen MR) is 76.5 cm³/mol. The Labute approximate surface area is 113 Å². The molecule has 2 aromatic carbocycles. The molecule has 0 aromatic heterocycles. The van der Waals surface area contributed by atoms with Crippen LogP contribution in [0.2, 0.25) is 0 Å². The lowest BCUT2D eigenvalue weighted by Crippen LogP contribution is -2.39. The summed E-state index contributed by atoms with van der Waals surface area (Å²) in [7, 11) is 0. The summed E-state index contributed by atoms with van der Waals surface area (Å²) in [6.07, 6.45) is 2.73. The van der Waals surface area contributed by atoms with E-state index in [1.807, 2.05) is 0 Å². The molecule has 1 spiro atoms. The van der Waals surface area contributed by atoms with Crippen LogP contribution in [0.4, 0.5) is 0 Å². The highest BCUT2D eigenvalue weighted by Gasteiger charge is 2.39. The van der Waals surface area contributed by atoms with E-state index in [0.29, 0.717) is 0 Å². The van der Waals surface area contributed by atoms with Gasteiger partial charge in [-0.3, -0.25) is 0 Å². The number of quaternary nitrogens is 1. The first kappa shape index (κ1) is 11.4. The second-order valence-corrected chi connectivity index (χ2v) is 6.18. The van der Waals surface area contributed by atoms with E-state index in [9.17, 15) is 5.11 Å². The van der Waals surface area contributed by atoms with Gasteiger partial charge < -0.3 is 9.59 Å². The van der Waals surface area contributed by atoms with E-state index >= 15 is 0 Å². The van der Waals surface area contributed by atoms with Crippen LogP contribution in [-0.4, -0.2) is 22.7 Å². The Balaban J connectivity index is 1.92. The van der Waals surface area contributed by atoms with Gasteiger partial charge in [-0.25, -0.2) is 0 Å². The summed E-state index contributed by atoms with van der Waals surface area (Å²) in [4.78, 5) is 0. The molecule has 0 radical (unpaired) electrons. The van der Waals surface area contributed by atoms with Crippen LogP contribution in [0.3, 0.4) is 0 Å². The van der Waals surface area contributed by atoms with Crippen LogP contribution in [0.25, 0.3) is 10.8 Å². The molecule has 1 fully saturated rings. The van der Waals surface area contributed by atoms with Gasteiger partial charge in [-0.15, -0.1) is 0 Å². The van der Waals surface area contributed by atoms with Gasteiger partial charge in [0.1, 0.15) is 13.1 Å². The molecule has 2 heterocycles. The number of hydrogen-bond donors (Lipinski definition) is 1. The van der Waals surface area contributed by atoms with Gasteiger partial charge in [0.25, 0.3) is 0 Å². The predicted octanol–water partition coefficient (Wildman–Crippen LogP) is 2.96. The Bertz CT molecular complexity index is 641. The van der Waals surface area contributed by atoms with Crippen LogP contribution in [0.15, 0.2) is 30.3 Å². The van der Waals surface area contributed by atoms with Crippen LogP contribution in [0, 0.1) is 0 Å². The summed E-state index contributed by atoms with van der Waals surface area (Å²) in [6.45, 7) is 5.11. The molecular formula is C17H20NO+. The Hall–Kier alpha value is -1.38. The molecule has 0 amide bonds. The first-order valence-electron chi connectivity index (χ1n) is 7.30. The summed E-state index contributed by atoms with van der Waals surface area (Å²) in [5, 5.41) is 12.3. The summed E-state index contributed by atoms with van der Waals surface area (Å²) < 4.78 is 1.23. The largest absolute Gasteiger partial charge is 0.392 e. The van der Waals surface area contributed by atoms with Crippen molar-refractivity contribution in [3.05, 3.63) is 47.0 Å². The minimum absolute atomic E-state index is 0.170. The van der Waals surface area contributed by atoms with Gasteiger partial charge in [0.05, 0.1) is 19.7 Å². The van der Waals surface area contributed by atoms with Gasteiger partial charge in [0.15, 0.2) is 0 Å². The highest BCUT2D eigenvalue weighted by Crippen LogP contribution is 2.39. The van der Waals surface area contributed by atoms with Gasteiger partial charge in [-0.05, 0) is 22.4 Å². The van der Waals surface area contributed by atoms with Gasteiger partial charge in [-0.2, -0.15) is 0 Å². The van der Waals surface area contributed by atoms with Crippen LogP contribution < -0.4 is 0 Å². The molecule has 0 bridgehead atoms. The van der Waals surface area contributed by atoms with Gasteiger partial charge in [-0.1, -0.05) is 24.3 Å². The van der Waals surface area contributed by atoms with Crippen LogP contribution >= 0.6 is 0 Å². The highest BCUT2D eigenvalue weighted by atomic mass is 16.3. The van der Waals surface area contributed by atoms with E-state index in [2.05, 4.69) is 30.3 Å². The molecule has 98 valence electrons. The van der Waals surface area contributed by atoms with Crippen LogP contribution in [0.5, 0.6) is 0 Å². The first-order chi connectivity index (χ1) is 9.31. The van der Waals surface area contributed by atoms with Crippen molar-refractivity contribution < 1.29 is 9.59 Å². The fourth-order valence-corrected chi connectivity index (χ4v) is 4.12. The van der Waals surface area contributed by atoms with Gasteiger partial charge in [0, 0.05) is 24.0 Å². The molecule has 1 N–H and O–H groups in total. The zero-order chi connectivity index (χ0) is 12.9. The van der Waals surface area contributed by atoms with Crippen molar-refractivity contribution in [2.45, 2.75) is 32.5 Å². The lowest BCUT2D eigenvalue weighted by Gasteiger charge is -2.28. The minimum Gasteiger partial charge on any atom is -0.392 e. The maximum absolute atomic E-state index is 9.82. The summed E-state index contributed by atoms with van der Waals surface area (Å²) in [5.41, 5.74) is 4.09. The second-order valence-electron chi connectivity index (χ2n) is 6.18. The quantitative estimate of drug-likeness (QED) is 0.776. The fraction of sp³-hybridized carbons (Fsp3) is 0.412. The molecule has 4 rings (SSSR count). The number of aliphatic hydroxyl groups excluding tert-OH is 1. The van der Waals surface area contributed by atoms with Gasteiger partial charge in [0.2, 0.25) is 0 Å². The maximum Gasteiger partial charge on any atom is 0.105 e. The third-order valence-corrected chi connectivity index (χ3v) is 5.04. The lowest BCUT2D eigenvalue weighted by atomic mass is 9.96. The van der Waals surface area contributed by atoms with Crippen LogP contribution in [-0.2, 0) is 19.7 Å². The van der Waals surface area contributed by atoms with Crippen LogP contribution in [0.1, 0.15) is 29.5 Å². The molecule has 19 heavy (non-hydrogen) atoms. The van der Waals surface area contributed by atoms with E-state index < -0.39 is 0 Å². The highest BCUT2D eigenvalue weighted by molar-refractivity contribution is 5.87. The van der Waals surface area contributed by atoms with Crippen molar-refractivity contribution in [1.29, 1.82) is 0 Å². The number of aliphatic hydroxyl groups is 1. The molecule has 0 saturated carbocycles. The molecule has 0 atom stereocenters. The first-order valence-corrected chi connectivity index (χ1v) is 7.30. The van der Waals surface area contributed by atoms with E-state index in [4.69, 9.17) is 0 Å². The summed E-state index contributed by atoms with van der Waals surface area (Å²) in [5.74, 6) is 0. The normalized spacial score (nSPS) is 20.3. The molecule has 2 heteroatoms. The number of benzene rings is 2. The summed E-state index contributed by atoms with van der Waals surface area (Å²) >= 11 is 0. The van der Waals surface area contributed by atoms with Crippen molar-refractivity contribution >= 4 is 10.8 Å². The van der Waals surface area contributed by atoms with E-state index in [0.717, 1.165) is 6.54 Å². The van der Waals surface area contributed by atoms with E-state index in [-0.39, 0.29) is 6.61 Å². The Kier molecular flexibility index (Phi) is 2.44. The fourth-order valence-electron chi connectivity index (χ4n) is 4.12. The number of nitrogens with zero attached hydrogens (tertiary/aromatic N) is 1. The molecular weight excluding hydrogens is 234 g/mol. The Morgan fingerprint density at radius 2 is 1.84 bits per heavy atom. The van der Waals surface area contributed by atoms with Gasteiger partial charge >= 0.3 is 0 Å². The monoisotopic (exact) mass is 254 g/mol. The minimum atomic E-state index is 0.170. The molecule has 2 nitrogen and oxygen atoms in total. The van der Waals surface area contributed by atoms with E-state index in [1.54, 1.807) is 0 Å². The third kappa shape index (κ3) is 1.63. The average molecular weight is 254 g/mol. The smallest absolute Gasteiger partial charge is 0.105 e.